The normalized spacial score (nSPS) is 6.43. The van der Waals surface area contributed by atoms with E-state index < -0.39 is 13.5 Å². The van der Waals surface area contributed by atoms with Gasteiger partial charge in [0, 0.05) is 0 Å². The summed E-state index contributed by atoms with van der Waals surface area (Å²) in [5, 5.41) is 0. The molecule has 6 N–H and O–H groups in total. The maximum atomic E-state index is 4.97. The van der Waals surface area contributed by atoms with E-state index in [0.29, 0.717) is 0 Å². The molecular weight excluding hydrogens is 341 g/mol. The second kappa shape index (κ2) is 15.7. The topological polar surface area (TPSA) is 100 Å². The average Bonchev–Trinajstić information content (AvgIpc) is 0.811. The minimum Gasteiger partial charge on any atom is -0.693 e. The van der Waals surface area contributed by atoms with Gasteiger partial charge in [0.15, 0.2) is 0 Å². The van der Waals surface area contributed by atoms with Crippen molar-refractivity contribution in [2.24, 2.45) is 0 Å². The van der Waals surface area contributed by atoms with Gasteiger partial charge in [-0.2, -0.15) is 0 Å². The van der Waals surface area contributed by atoms with Crippen LogP contribution in [0, 0.1) is 0 Å². The molecule has 7 heavy (non-hydrogen) atoms. The van der Waals surface area contributed by atoms with Crippen molar-refractivity contribution < 1.29 is 13.5 Å². The first-order valence-corrected chi connectivity index (χ1v) is 9.28. The van der Waals surface area contributed by atoms with E-state index in [4.69, 9.17) is 28.8 Å². The predicted molar refractivity (Wildman–Crippen MR) is 33.4 cm³/mol. The van der Waals surface area contributed by atoms with Gasteiger partial charge in [-0.15, -0.1) is 0 Å². The Kier molecular flexibility index (Phi) is 53.1. The van der Waals surface area contributed by atoms with Gasteiger partial charge in [-0.1, -0.05) is 0 Å². The number of hydrogen-bond acceptors (Lipinski definition) is 0. The molecular formula is H6Cl3IrN3-3. The molecule has 0 fully saturated rings. The minimum atomic E-state index is -1.92. The van der Waals surface area contributed by atoms with E-state index in [1.807, 2.05) is 0 Å². The molecule has 0 aromatic carbocycles. The fourth-order valence-electron chi connectivity index (χ4n) is 0. The third-order valence-electron chi connectivity index (χ3n) is 0. The van der Waals surface area contributed by atoms with Gasteiger partial charge < -0.3 is 18.5 Å². The number of nitrogens with two attached hydrogens (primary N) is 3. The van der Waals surface area contributed by atoms with Crippen LogP contribution in [0.5, 0.6) is 0 Å². The zero-order valence-electron chi connectivity index (χ0n) is 3.20. The molecule has 7 heteroatoms. The van der Waals surface area contributed by atoms with Crippen molar-refractivity contribution in [3.05, 3.63) is 18.5 Å². The van der Waals surface area contributed by atoms with E-state index in [9.17, 15) is 0 Å². The maximum Gasteiger partial charge on any atom is -0.693 e. The minimum absolute atomic E-state index is 0. The summed E-state index contributed by atoms with van der Waals surface area (Å²) in [6.07, 6.45) is 0. The van der Waals surface area contributed by atoms with Crippen LogP contribution in [0.15, 0.2) is 0 Å². The van der Waals surface area contributed by atoms with Gasteiger partial charge in [-0.05, 0) is 0 Å². The van der Waals surface area contributed by atoms with E-state index in [1.54, 1.807) is 0 Å². The van der Waals surface area contributed by atoms with Crippen molar-refractivity contribution in [1.29, 1.82) is 0 Å². The second-order valence-corrected chi connectivity index (χ2v) is 10.5. The van der Waals surface area contributed by atoms with Crippen molar-refractivity contribution in [2.45, 2.75) is 0 Å². The summed E-state index contributed by atoms with van der Waals surface area (Å²) in [6.45, 7) is 0. The largest absolute Gasteiger partial charge is 0.693 e. The Hall–Kier alpha value is 1.40. The Bertz CT molecular complexity index is 14.9. The monoisotopic (exact) mass is 346 g/mol. The van der Waals surface area contributed by atoms with Gasteiger partial charge in [0.1, 0.15) is 0 Å². The zero-order chi connectivity index (χ0) is 3.58. The van der Waals surface area contributed by atoms with E-state index in [2.05, 4.69) is 0 Å². The molecule has 0 aliphatic carbocycles. The molecule has 0 amide bonds. The standard InChI is InChI=1S/3ClH.Ir.3H2N/h3*1H;;3*1H2/q;;;+3;3*-1/p-3. The van der Waals surface area contributed by atoms with E-state index in [0.717, 1.165) is 0 Å². The fraction of sp³-hybridized carbons (Fsp3) is 0. The van der Waals surface area contributed by atoms with Crippen molar-refractivity contribution in [1.82, 2.24) is 0 Å². The summed E-state index contributed by atoms with van der Waals surface area (Å²) in [5.41, 5.74) is 0. The molecule has 0 saturated carbocycles. The molecule has 0 heterocycles. The molecule has 0 bridgehead atoms. The molecule has 0 radical (unpaired) electrons. The zero-order valence-corrected chi connectivity index (χ0v) is 7.86. The molecule has 0 aliphatic heterocycles. The van der Waals surface area contributed by atoms with Crippen LogP contribution in [0.1, 0.15) is 0 Å². The molecule has 0 spiro atoms. The van der Waals surface area contributed by atoms with Gasteiger partial charge in [0.05, 0.1) is 0 Å². The molecule has 0 aromatic heterocycles. The first-order valence-electron chi connectivity index (χ1n) is 0.378. The quantitative estimate of drug-likeness (QED) is 0.627. The van der Waals surface area contributed by atoms with Crippen LogP contribution < -0.4 is 0 Å². The third-order valence-corrected chi connectivity index (χ3v) is 0. The van der Waals surface area contributed by atoms with Crippen molar-refractivity contribution in [3.63, 3.8) is 0 Å². The molecule has 0 unspecified atom stereocenters. The van der Waals surface area contributed by atoms with E-state index >= 15 is 0 Å². The van der Waals surface area contributed by atoms with Gasteiger partial charge in [0.2, 0.25) is 0 Å². The van der Waals surface area contributed by atoms with Crippen LogP contribution >= 0.6 is 28.8 Å². The smallest absolute Gasteiger partial charge is 0.693 e. The number of hydrogen-bond donors (Lipinski definition) is 0. The SMILES string of the molecule is [Cl][Ir]([Cl])[Cl].[NH2-].[NH2-].[NH2-]. The van der Waals surface area contributed by atoms with Crippen LogP contribution in [-0.2, 0) is 13.5 Å². The Balaban J connectivity index is -0.0000000150. The Morgan fingerprint density at radius 1 is 0.714 bits per heavy atom. The molecule has 0 aromatic rings. The van der Waals surface area contributed by atoms with Crippen LogP contribution in [0.4, 0.5) is 0 Å². The number of rotatable bonds is 0. The molecule has 0 saturated heterocycles. The van der Waals surface area contributed by atoms with Gasteiger partial charge in [0.25, 0.3) is 0 Å². The van der Waals surface area contributed by atoms with Gasteiger partial charge in [-0.3, -0.25) is 0 Å². The Morgan fingerprint density at radius 3 is 0.714 bits per heavy atom. The number of halogens is 3. The molecule has 0 rings (SSSR count). The third kappa shape index (κ3) is 110. The second-order valence-electron chi connectivity index (χ2n) is 0.143. The van der Waals surface area contributed by atoms with Crippen molar-refractivity contribution >= 4 is 28.8 Å². The fourth-order valence-corrected chi connectivity index (χ4v) is 0. The van der Waals surface area contributed by atoms with Crippen LogP contribution in [0.3, 0.4) is 0 Å². The van der Waals surface area contributed by atoms with Crippen LogP contribution in [0.25, 0.3) is 18.5 Å². The van der Waals surface area contributed by atoms with E-state index in [1.165, 1.54) is 0 Å². The van der Waals surface area contributed by atoms with Gasteiger partial charge in [-0.25, -0.2) is 0 Å². The first kappa shape index (κ1) is 23.8. The molecule has 54 valence electrons. The van der Waals surface area contributed by atoms with E-state index in [-0.39, 0.29) is 18.5 Å². The summed E-state index contributed by atoms with van der Waals surface area (Å²) in [4.78, 5) is 0. The summed E-state index contributed by atoms with van der Waals surface area (Å²) >= 11 is -1.92. The van der Waals surface area contributed by atoms with Crippen molar-refractivity contribution in [2.75, 3.05) is 0 Å². The molecule has 0 atom stereocenters. The Labute approximate surface area is 60.6 Å². The average molecular weight is 347 g/mol. The predicted octanol–water partition coefficient (Wildman–Crippen LogP) is 4.22. The summed E-state index contributed by atoms with van der Waals surface area (Å²) in [7, 11) is 14.9. The van der Waals surface area contributed by atoms with Crippen LogP contribution in [-0.4, -0.2) is 0 Å². The summed E-state index contributed by atoms with van der Waals surface area (Å²) in [5.74, 6) is 0. The molecule has 0 aliphatic rings. The first-order chi connectivity index (χ1) is 1.73. The maximum absolute atomic E-state index is 4.97. The van der Waals surface area contributed by atoms with Crippen LogP contribution in [0.2, 0.25) is 0 Å². The molecule has 3 nitrogen and oxygen atoms in total. The summed E-state index contributed by atoms with van der Waals surface area (Å²) < 4.78 is 0. The summed E-state index contributed by atoms with van der Waals surface area (Å²) in [6, 6.07) is 0. The van der Waals surface area contributed by atoms with Crippen molar-refractivity contribution in [3.8, 4) is 0 Å². The van der Waals surface area contributed by atoms with Gasteiger partial charge >= 0.3 is 42.2 Å². The Morgan fingerprint density at radius 2 is 0.714 bits per heavy atom.